The van der Waals surface area contributed by atoms with Crippen molar-refractivity contribution in [2.24, 2.45) is 0 Å². The van der Waals surface area contributed by atoms with Gasteiger partial charge in [-0.1, -0.05) is 18.2 Å². The smallest absolute Gasteiger partial charge is 0.311 e. The predicted molar refractivity (Wildman–Crippen MR) is 98.8 cm³/mol. The number of hydrogen-bond acceptors (Lipinski definition) is 5. The first-order valence-electron chi connectivity index (χ1n) is 8.60. The lowest BCUT2D eigenvalue weighted by Crippen LogP contribution is -2.48. The van der Waals surface area contributed by atoms with Gasteiger partial charge in [0.2, 0.25) is 0 Å². The molecule has 1 amide bonds. The third-order valence-electron chi connectivity index (χ3n) is 4.39. The van der Waals surface area contributed by atoms with E-state index in [1.807, 2.05) is 30.3 Å². The second kappa shape index (κ2) is 7.86. The molecule has 7 nitrogen and oxygen atoms in total. The monoisotopic (exact) mass is 355 g/mol. The SMILES string of the molecule is CCOc1ccc(C(=O)N2CCN(c3ccccc3)CC2)cc1[N+](=O)[O-]. The highest BCUT2D eigenvalue weighted by atomic mass is 16.6. The van der Waals surface area contributed by atoms with Gasteiger partial charge in [-0.3, -0.25) is 14.9 Å². The van der Waals surface area contributed by atoms with E-state index >= 15 is 0 Å². The molecule has 0 atom stereocenters. The molecule has 0 spiro atoms. The van der Waals surface area contributed by atoms with Crippen molar-refractivity contribution in [2.45, 2.75) is 6.92 Å². The maximum absolute atomic E-state index is 12.7. The van der Waals surface area contributed by atoms with Crippen LogP contribution in [0.1, 0.15) is 17.3 Å². The van der Waals surface area contributed by atoms with Gasteiger partial charge in [0.05, 0.1) is 11.5 Å². The summed E-state index contributed by atoms with van der Waals surface area (Å²) in [6.07, 6.45) is 0. The van der Waals surface area contributed by atoms with E-state index in [-0.39, 0.29) is 17.3 Å². The lowest BCUT2D eigenvalue weighted by atomic mass is 10.1. The molecule has 0 N–H and O–H groups in total. The van der Waals surface area contributed by atoms with Crippen molar-refractivity contribution < 1.29 is 14.5 Å². The summed E-state index contributed by atoms with van der Waals surface area (Å²) < 4.78 is 5.27. The third kappa shape index (κ3) is 3.77. The molecule has 1 saturated heterocycles. The molecule has 1 heterocycles. The van der Waals surface area contributed by atoms with E-state index in [0.29, 0.717) is 25.3 Å². The Balaban J connectivity index is 1.70. The number of benzene rings is 2. The van der Waals surface area contributed by atoms with Gasteiger partial charge in [-0.25, -0.2) is 0 Å². The van der Waals surface area contributed by atoms with Gasteiger partial charge in [0.1, 0.15) is 0 Å². The van der Waals surface area contributed by atoms with Crippen molar-refractivity contribution in [3.63, 3.8) is 0 Å². The lowest BCUT2D eigenvalue weighted by molar-refractivity contribution is -0.385. The highest BCUT2D eigenvalue weighted by Gasteiger charge is 2.25. The molecule has 1 aliphatic heterocycles. The van der Waals surface area contributed by atoms with Gasteiger partial charge >= 0.3 is 5.69 Å². The molecular formula is C19H21N3O4. The number of hydrogen-bond donors (Lipinski definition) is 0. The van der Waals surface area contributed by atoms with Crippen LogP contribution in [-0.4, -0.2) is 48.5 Å². The Bertz CT molecular complexity index is 787. The molecule has 2 aromatic rings. The molecule has 136 valence electrons. The summed E-state index contributed by atoms with van der Waals surface area (Å²) in [5.74, 6) is -0.00759. The standard InChI is InChI=1S/C19H21N3O4/c1-2-26-18-9-8-15(14-17(18)22(24)25)19(23)21-12-10-20(11-13-21)16-6-4-3-5-7-16/h3-9,14H,2,10-13H2,1H3. The fourth-order valence-electron chi connectivity index (χ4n) is 3.06. The first-order valence-corrected chi connectivity index (χ1v) is 8.60. The van der Waals surface area contributed by atoms with Gasteiger partial charge < -0.3 is 14.5 Å². The number of nitro groups is 1. The van der Waals surface area contributed by atoms with Gasteiger partial charge in [-0.2, -0.15) is 0 Å². The van der Waals surface area contributed by atoms with Crippen LogP contribution in [-0.2, 0) is 0 Å². The van der Waals surface area contributed by atoms with Crippen molar-refractivity contribution in [3.05, 3.63) is 64.2 Å². The maximum atomic E-state index is 12.7. The zero-order valence-corrected chi connectivity index (χ0v) is 14.6. The summed E-state index contributed by atoms with van der Waals surface area (Å²) in [7, 11) is 0. The van der Waals surface area contributed by atoms with E-state index in [9.17, 15) is 14.9 Å². The van der Waals surface area contributed by atoms with Crippen molar-refractivity contribution in [1.29, 1.82) is 0 Å². The normalized spacial score (nSPS) is 14.2. The Hall–Kier alpha value is -3.09. The Labute approximate surface area is 151 Å². The molecule has 2 aromatic carbocycles. The molecule has 26 heavy (non-hydrogen) atoms. The number of rotatable bonds is 5. The van der Waals surface area contributed by atoms with Crippen LogP contribution in [0.5, 0.6) is 5.75 Å². The number of piperazine rings is 1. The van der Waals surface area contributed by atoms with Crippen LogP contribution in [0.3, 0.4) is 0 Å². The first-order chi connectivity index (χ1) is 12.6. The number of para-hydroxylation sites is 1. The second-order valence-corrected chi connectivity index (χ2v) is 5.99. The minimum Gasteiger partial charge on any atom is -0.487 e. The molecule has 1 fully saturated rings. The molecule has 3 rings (SSSR count). The largest absolute Gasteiger partial charge is 0.487 e. The second-order valence-electron chi connectivity index (χ2n) is 5.99. The maximum Gasteiger partial charge on any atom is 0.311 e. The third-order valence-corrected chi connectivity index (χ3v) is 4.39. The number of amides is 1. The van der Waals surface area contributed by atoms with E-state index in [2.05, 4.69) is 4.90 Å². The molecule has 0 bridgehead atoms. The van der Waals surface area contributed by atoms with E-state index in [1.54, 1.807) is 17.9 Å². The van der Waals surface area contributed by atoms with Crippen LogP contribution in [0.25, 0.3) is 0 Å². The summed E-state index contributed by atoms with van der Waals surface area (Å²) in [4.78, 5) is 27.4. The minimum absolute atomic E-state index is 0.180. The molecule has 0 unspecified atom stereocenters. The van der Waals surface area contributed by atoms with Crippen LogP contribution in [0, 0.1) is 10.1 Å². The highest BCUT2D eigenvalue weighted by molar-refractivity contribution is 5.95. The quantitative estimate of drug-likeness (QED) is 0.609. The van der Waals surface area contributed by atoms with Gasteiger partial charge in [-0.05, 0) is 31.2 Å². The molecule has 0 saturated carbocycles. The Morgan fingerprint density at radius 1 is 1.12 bits per heavy atom. The fraction of sp³-hybridized carbons (Fsp3) is 0.316. The summed E-state index contributed by atoms with van der Waals surface area (Å²) in [6.45, 7) is 4.71. The lowest BCUT2D eigenvalue weighted by Gasteiger charge is -2.36. The summed E-state index contributed by atoms with van der Waals surface area (Å²) in [5.41, 5.74) is 1.27. The van der Waals surface area contributed by atoms with Crippen LogP contribution in [0.4, 0.5) is 11.4 Å². The van der Waals surface area contributed by atoms with E-state index in [0.717, 1.165) is 18.8 Å². The van der Waals surface area contributed by atoms with Gasteiger partial charge in [0.25, 0.3) is 5.91 Å². The number of carbonyl (C=O) groups is 1. The first kappa shape index (κ1) is 17.7. The zero-order chi connectivity index (χ0) is 18.5. The van der Waals surface area contributed by atoms with Crippen LogP contribution in [0.2, 0.25) is 0 Å². The number of carbonyl (C=O) groups excluding carboxylic acids is 1. The van der Waals surface area contributed by atoms with Crippen LogP contribution >= 0.6 is 0 Å². The average molecular weight is 355 g/mol. The zero-order valence-electron chi connectivity index (χ0n) is 14.6. The Morgan fingerprint density at radius 3 is 2.42 bits per heavy atom. The van der Waals surface area contributed by atoms with Crippen LogP contribution in [0.15, 0.2) is 48.5 Å². The summed E-state index contributed by atoms with van der Waals surface area (Å²) >= 11 is 0. The van der Waals surface area contributed by atoms with Crippen molar-refractivity contribution in [3.8, 4) is 5.75 Å². The topological polar surface area (TPSA) is 75.9 Å². The van der Waals surface area contributed by atoms with E-state index in [1.165, 1.54) is 12.1 Å². The van der Waals surface area contributed by atoms with Gasteiger partial charge in [0.15, 0.2) is 5.75 Å². The fourth-order valence-corrected chi connectivity index (χ4v) is 3.06. The van der Waals surface area contributed by atoms with E-state index < -0.39 is 4.92 Å². The number of anilines is 1. The van der Waals surface area contributed by atoms with Crippen molar-refractivity contribution in [1.82, 2.24) is 4.90 Å². The van der Waals surface area contributed by atoms with Crippen molar-refractivity contribution >= 4 is 17.3 Å². The predicted octanol–water partition coefficient (Wildman–Crippen LogP) is 2.96. The molecule has 0 aliphatic carbocycles. The van der Waals surface area contributed by atoms with Gasteiger partial charge in [-0.15, -0.1) is 0 Å². The molecule has 0 radical (unpaired) electrons. The molecular weight excluding hydrogens is 334 g/mol. The van der Waals surface area contributed by atoms with Crippen LogP contribution < -0.4 is 9.64 Å². The Morgan fingerprint density at radius 2 is 1.81 bits per heavy atom. The number of nitro benzene ring substituents is 1. The number of ether oxygens (including phenoxy) is 1. The van der Waals surface area contributed by atoms with Gasteiger partial charge in [0, 0.05) is 43.5 Å². The molecule has 7 heteroatoms. The highest BCUT2D eigenvalue weighted by Crippen LogP contribution is 2.28. The minimum atomic E-state index is -0.519. The molecule has 0 aromatic heterocycles. The molecule has 1 aliphatic rings. The Kier molecular flexibility index (Phi) is 5.36. The van der Waals surface area contributed by atoms with E-state index in [4.69, 9.17) is 4.74 Å². The average Bonchev–Trinajstić information content (AvgIpc) is 2.68. The summed E-state index contributed by atoms with van der Waals surface area (Å²) in [5, 5.41) is 11.2. The summed E-state index contributed by atoms with van der Waals surface area (Å²) in [6, 6.07) is 14.4. The number of nitrogens with zero attached hydrogens (tertiary/aromatic N) is 3. The van der Waals surface area contributed by atoms with Crippen molar-refractivity contribution in [2.75, 3.05) is 37.7 Å².